The number of fused-ring (bicyclic) bond motifs is 2. The molecule has 2 aromatic heterocycles. The van der Waals surface area contributed by atoms with Crippen LogP contribution in [0.2, 0.25) is 0 Å². The van der Waals surface area contributed by atoms with Crippen LogP contribution in [0.15, 0.2) is 48.7 Å². The van der Waals surface area contributed by atoms with E-state index in [1.54, 1.807) is 6.20 Å². The fraction of sp³-hybridized carbons (Fsp3) is 0. The van der Waals surface area contributed by atoms with E-state index >= 15 is 0 Å². The van der Waals surface area contributed by atoms with Gasteiger partial charge in [0.05, 0.1) is 17.2 Å². The molecular weight excluding hydrogens is 286 g/mol. The molecule has 21 heavy (non-hydrogen) atoms. The Hall–Kier alpha value is -2.66. The number of halogens is 1. The minimum absolute atomic E-state index is 0. The van der Waals surface area contributed by atoms with E-state index in [1.165, 1.54) is 0 Å². The van der Waals surface area contributed by atoms with Gasteiger partial charge in [0.25, 0.3) is 0 Å². The summed E-state index contributed by atoms with van der Waals surface area (Å²) in [6.07, 6.45) is 1.78. The van der Waals surface area contributed by atoms with Crippen LogP contribution in [0.4, 0.5) is 5.82 Å². The summed E-state index contributed by atoms with van der Waals surface area (Å²) in [7, 11) is 0. The van der Waals surface area contributed by atoms with E-state index in [2.05, 4.69) is 20.2 Å². The summed E-state index contributed by atoms with van der Waals surface area (Å²) in [6, 6.07) is 13.7. The normalized spacial score (nSPS) is 10.7. The molecule has 0 aliphatic carbocycles. The predicted molar refractivity (Wildman–Crippen MR) is 86.3 cm³/mol. The lowest BCUT2D eigenvalue weighted by Gasteiger charge is -2.05. The maximum absolute atomic E-state index is 6.02. The lowest BCUT2D eigenvalue weighted by Crippen LogP contribution is -1.97. The van der Waals surface area contributed by atoms with Crippen molar-refractivity contribution in [2.45, 2.75) is 0 Å². The third kappa shape index (κ3) is 2.17. The monoisotopic (exact) mass is 297 g/mol. The fourth-order valence-corrected chi connectivity index (χ4v) is 2.31. The molecule has 0 aliphatic heterocycles. The van der Waals surface area contributed by atoms with E-state index in [1.807, 2.05) is 42.5 Å². The van der Waals surface area contributed by atoms with Crippen LogP contribution >= 0.6 is 12.4 Å². The SMILES string of the molecule is Cl.Nc1nc(-c2ccc3[nH]ncc3c2)nc2ccccc12. The summed E-state index contributed by atoms with van der Waals surface area (Å²) in [5, 5.41) is 8.84. The number of hydrogen-bond donors (Lipinski definition) is 2. The van der Waals surface area contributed by atoms with Gasteiger partial charge in [-0.15, -0.1) is 12.4 Å². The lowest BCUT2D eigenvalue weighted by atomic mass is 10.1. The van der Waals surface area contributed by atoms with Crippen LogP contribution in [0.3, 0.4) is 0 Å². The van der Waals surface area contributed by atoms with Gasteiger partial charge in [0, 0.05) is 16.3 Å². The maximum atomic E-state index is 6.02. The summed E-state index contributed by atoms with van der Waals surface area (Å²) in [5.74, 6) is 1.13. The molecule has 0 amide bonds. The molecule has 6 heteroatoms. The van der Waals surface area contributed by atoms with Crippen molar-refractivity contribution in [3.05, 3.63) is 48.7 Å². The van der Waals surface area contributed by atoms with Gasteiger partial charge in [0.15, 0.2) is 5.82 Å². The highest BCUT2D eigenvalue weighted by Gasteiger charge is 2.08. The van der Waals surface area contributed by atoms with Gasteiger partial charge in [-0.05, 0) is 30.3 Å². The Morgan fingerprint density at radius 1 is 1.00 bits per heavy atom. The Morgan fingerprint density at radius 2 is 1.86 bits per heavy atom. The average Bonchev–Trinajstić information content (AvgIpc) is 2.94. The van der Waals surface area contributed by atoms with Gasteiger partial charge in [-0.2, -0.15) is 5.10 Å². The number of nitrogens with two attached hydrogens (primary N) is 1. The summed E-state index contributed by atoms with van der Waals surface area (Å²) >= 11 is 0. The van der Waals surface area contributed by atoms with Crippen LogP contribution in [0.25, 0.3) is 33.2 Å². The van der Waals surface area contributed by atoms with Gasteiger partial charge in [0.1, 0.15) is 5.82 Å². The first-order chi connectivity index (χ1) is 9.81. The Bertz CT molecular complexity index is 932. The molecular formula is C15H12ClN5. The molecule has 0 saturated heterocycles. The molecule has 0 aliphatic rings. The predicted octanol–water partition coefficient (Wildman–Crippen LogP) is 3.18. The second kappa shape index (κ2) is 5.03. The second-order valence-electron chi connectivity index (χ2n) is 4.62. The van der Waals surface area contributed by atoms with Crippen LogP contribution in [0.5, 0.6) is 0 Å². The summed E-state index contributed by atoms with van der Waals surface area (Å²) < 4.78 is 0. The number of benzene rings is 2. The molecule has 0 bridgehead atoms. The number of anilines is 1. The van der Waals surface area contributed by atoms with Crippen molar-refractivity contribution in [1.82, 2.24) is 20.2 Å². The molecule has 0 fully saturated rings. The Labute approximate surface area is 126 Å². The van der Waals surface area contributed by atoms with Crippen molar-refractivity contribution in [1.29, 1.82) is 0 Å². The smallest absolute Gasteiger partial charge is 0.162 e. The number of nitrogen functional groups attached to an aromatic ring is 1. The highest BCUT2D eigenvalue weighted by molar-refractivity contribution is 5.90. The molecule has 0 atom stereocenters. The van der Waals surface area contributed by atoms with Crippen molar-refractivity contribution in [2.75, 3.05) is 5.73 Å². The van der Waals surface area contributed by atoms with Gasteiger partial charge in [0.2, 0.25) is 0 Å². The third-order valence-electron chi connectivity index (χ3n) is 3.33. The topological polar surface area (TPSA) is 80.5 Å². The summed E-state index contributed by atoms with van der Waals surface area (Å²) in [5.41, 5.74) is 8.78. The number of aromatic nitrogens is 4. The van der Waals surface area contributed by atoms with Crippen LogP contribution in [-0.4, -0.2) is 20.2 Å². The zero-order valence-corrected chi connectivity index (χ0v) is 11.8. The van der Waals surface area contributed by atoms with Crippen molar-refractivity contribution < 1.29 is 0 Å². The number of nitrogens with zero attached hydrogens (tertiary/aromatic N) is 3. The minimum atomic E-state index is 0. The van der Waals surface area contributed by atoms with E-state index in [0.717, 1.165) is 27.4 Å². The Kier molecular flexibility index (Phi) is 3.19. The van der Waals surface area contributed by atoms with Crippen molar-refractivity contribution >= 4 is 40.0 Å². The number of aromatic amines is 1. The van der Waals surface area contributed by atoms with Crippen molar-refractivity contribution in [3.63, 3.8) is 0 Å². The zero-order valence-electron chi connectivity index (χ0n) is 10.9. The van der Waals surface area contributed by atoms with E-state index in [-0.39, 0.29) is 12.4 Å². The van der Waals surface area contributed by atoms with Gasteiger partial charge in [-0.25, -0.2) is 9.97 Å². The number of nitrogens with one attached hydrogen (secondary N) is 1. The van der Waals surface area contributed by atoms with Crippen LogP contribution < -0.4 is 5.73 Å². The number of para-hydroxylation sites is 1. The Morgan fingerprint density at radius 3 is 2.76 bits per heavy atom. The lowest BCUT2D eigenvalue weighted by molar-refractivity contribution is 1.12. The first-order valence-corrected chi connectivity index (χ1v) is 6.27. The minimum Gasteiger partial charge on any atom is -0.383 e. The van der Waals surface area contributed by atoms with Gasteiger partial charge >= 0.3 is 0 Å². The fourth-order valence-electron chi connectivity index (χ4n) is 2.31. The van der Waals surface area contributed by atoms with E-state index in [0.29, 0.717) is 11.6 Å². The molecule has 104 valence electrons. The number of rotatable bonds is 1. The molecule has 5 nitrogen and oxygen atoms in total. The van der Waals surface area contributed by atoms with E-state index in [9.17, 15) is 0 Å². The first kappa shape index (κ1) is 13.3. The number of hydrogen-bond acceptors (Lipinski definition) is 4. The van der Waals surface area contributed by atoms with Gasteiger partial charge < -0.3 is 5.73 Å². The Balaban J connectivity index is 0.00000132. The maximum Gasteiger partial charge on any atom is 0.162 e. The molecule has 0 unspecified atom stereocenters. The highest BCUT2D eigenvalue weighted by atomic mass is 35.5. The average molecular weight is 298 g/mol. The molecule has 4 aromatic rings. The van der Waals surface area contributed by atoms with Crippen LogP contribution in [0, 0.1) is 0 Å². The largest absolute Gasteiger partial charge is 0.383 e. The van der Waals surface area contributed by atoms with Crippen molar-refractivity contribution in [2.24, 2.45) is 0 Å². The van der Waals surface area contributed by atoms with Crippen LogP contribution in [-0.2, 0) is 0 Å². The van der Waals surface area contributed by atoms with Crippen LogP contribution in [0.1, 0.15) is 0 Å². The first-order valence-electron chi connectivity index (χ1n) is 6.27. The molecule has 0 spiro atoms. The van der Waals surface area contributed by atoms with Crippen molar-refractivity contribution in [3.8, 4) is 11.4 Å². The van der Waals surface area contributed by atoms with E-state index in [4.69, 9.17) is 5.73 Å². The molecule has 2 aromatic carbocycles. The molecule has 3 N–H and O–H groups in total. The highest BCUT2D eigenvalue weighted by Crippen LogP contribution is 2.25. The second-order valence-corrected chi connectivity index (χ2v) is 4.62. The molecule has 0 saturated carbocycles. The quantitative estimate of drug-likeness (QED) is 0.565. The third-order valence-corrected chi connectivity index (χ3v) is 3.33. The molecule has 2 heterocycles. The number of H-pyrrole nitrogens is 1. The molecule has 4 rings (SSSR count). The van der Waals surface area contributed by atoms with Gasteiger partial charge in [-0.3, -0.25) is 5.10 Å². The standard InChI is InChI=1S/C15H11N5.ClH/c16-14-11-3-1-2-4-13(11)18-15(19-14)9-5-6-12-10(7-9)8-17-20-12;/h1-8H,(H,17,20)(H2,16,18,19);1H. The van der Waals surface area contributed by atoms with E-state index < -0.39 is 0 Å². The molecule has 0 radical (unpaired) electrons. The van der Waals surface area contributed by atoms with Gasteiger partial charge in [-0.1, -0.05) is 12.1 Å². The summed E-state index contributed by atoms with van der Waals surface area (Å²) in [6.45, 7) is 0. The summed E-state index contributed by atoms with van der Waals surface area (Å²) in [4.78, 5) is 8.97. The zero-order chi connectivity index (χ0) is 13.5.